The lowest BCUT2D eigenvalue weighted by Crippen LogP contribution is -2.13. The third-order valence-electron chi connectivity index (χ3n) is 4.69. The Morgan fingerprint density at radius 2 is 1.81 bits per heavy atom. The van der Waals surface area contributed by atoms with Gasteiger partial charge in [-0.3, -0.25) is 4.79 Å². The number of aryl methyl sites for hydroxylation is 2. The van der Waals surface area contributed by atoms with Gasteiger partial charge >= 0.3 is 0 Å². The standard InChI is InChI=1S/C20H19NO3S3/c1-13-8-10-14(11-9-13)27(23,24)18-15-5-2-3-6-16(15)26-20(18)21-19(22)17-7-4-12-25-17/h4,7-12H,2-3,5-6H2,1H3,(H,21,22). The molecule has 1 aliphatic carbocycles. The minimum atomic E-state index is -3.70. The largest absolute Gasteiger partial charge is 0.312 e. The Hall–Kier alpha value is -1.96. The number of fused-ring (bicyclic) bond motifs is 1. The molecule has 0 spiro atoms. The lowest BCUT2D eigenvalue weighted by molar-refractivity contribution is 0.103. The smallest absolute Gasteiger partial charge is 0.266 e. The molecule has 0 fully saturated rings. The molecule has 4 rings (SSSR count). The number of carbonyl (C=O) groups excluding carboxylic acids is 1. The number of anilines is 1. The second kappa shape index (κ2) is 7.22. The molecule has 4 nitrogen and oxygen atoms in total. The Kier molecular flexibility index (Phi) is 4.92. The van der Waals surface area contributed by atoms with Crippen LogP contribution in [0.5, 0.6) is 0 Å². The third kappa shape index (κ3) is 3.47. The Balaban J connectivity index is 1.82. The van der Waals surface area contributed by atoms with E-state index < -0.39 is 9.84 Å². The van der Waals surface area contributed by atoms with Crippen LogP contribution in [0.15, 0.2) is 51.6 Å². The molecule has 7 heteroatoms. The molecule has 140 valence electrons. The molecule has 2 aromatic heterocycles. The highest BCUT2D eigenvalue weighted by atomic mass is 32.2. The predicted octanol–water partition coefficient (Wildman–Crippen LogP) is 5.08. The van der Waals surface area contributed by atoms with Crippen molar-refractivity contribution in [3.63, 3.8) is 0 Å². The Bertz CT molecular complexity index is 1080. The van der Waals surface area contributed by atoms with E-state index in [9.17, 15) is 13.2 Å². The molecule has 0 radical (unpaired) electrons. The summed E-state index contributed by atoms with van der Waals surface area (Å²) in [6, 6.07) is 10.4. The van der Waals surface area contributed by atoms with Gasteiger partial charge in [-0.25, -0.2) is 8.42 Å². The highest BCUT2D eigenvalue weighted by Crippen LogP contribution is 2.43. The van der Waals surface area contributed by atoms with E-state index >= 15 is 0 Å². The minimum absolute atomic E-state index is 0.260. The number of rotatable bonds is 4. The highest BCUT2D eigenvalue weighted by molar-refractivity contribution is 7.92. The molecule has 3 aromatic rings. The maximum Gasteiger partial charge on any atom is 0.266 e. The summed E-state index contributed by atoms with van der Waals surface area (Å²) in [4.78, 5) is 14.8. The first-order valence-electron chi connectivity index (χ1n) is 8.78. The van der Waals surface area contributed by atoms with E-state index in [1.165, 1.54) is 22.7 Å². The SMILES string of the molecule is Cc1ccc(S(=O)(=O)c2c(NC(=O)c3cccs3)sc3c2CCCC3)cc1. The van der Waals surface area contributed by atoms with Crippen LogP contribution in [-0.4, -0.2) is 14.3 Å². The minimum Gasteiger partial charge on any atom is -0.312 e. The van der Waals surface area contributed by atoms with Crippen molar-refractivity contribution in [2.75, 3.05) is 5.32 Å². The van der Waals surface area contributed by atoms with Gasteiger partial charge in [0.25, 0.3) is 5.91 Å². The second-order valence-corrected chi connectivity index (χ2v) is 10.6. The summed E-state index contributed by atoms with van der Waals surface area (Å²) in [6.45, 7) is 1.93. The van der Waals surface area contributed by atoms with Crippen LogP contribution in [0.4, 0.5) is 5.00 Å². The molecular weight excluding hydrogens is 398 g/mol. The first kappa shape index (κ1) is 18.4. The number of nitrogens with one attached hydrogen (secondary N) is 1. The van der Waals surface area contributed by atoms with Crippen molar-refractivity contribution in [3.05, 3.63) is 62.7 Å². The highest BCUT2D eigenvalue weighted by Gasteiger charge is 2.31. The number of benzene rings is 1. The van der Waals surface area contributed by atoms with Crippen molar-refractivity contribution in [3.8, 4) is 0 Å². The summed E-state index contributed by atoms with van der Waals surface area (Å²) in [5.41, 5.74) is 1.89. The number of sulfone groups is 1. The van der Waals surface area contributed by atoms with Gasteiger partial charge in [0.1, 0.15) is 9.90 Å². The molecule has 0 unspecified atom stereocenters. The number of thiophene rings is 2. The van der Waals surface area contributed by atoms with Gasteiger partial charge < -0.3 is 5.32 Å². The molecule has 0 saturated heterocycles. The Morgan fingerprint density at radius 1 is 1.07 bits per heavy atom. The molecule has 0 aliphatic heterocycles. The van der Waals surface area contributed by atoms with Crippen LogP contribution < -0.4 is 5.32 Å². The van der Waals surface area contributed by atoms with E-state index in [4.69, 9.17) is 0 Å². The van der Waals surface area contributed by atoms with Crippen molar-refractivity contribution in [1.29, 1.82) is 0 Å². The van der Waals surface area contributed by atoms with Crippen LogP contribution in [0.1, 0.15) is 38.5 Å². The monoisotopic (exact) mass is 417 g/mol. The first-order chi connectivity index (χ1) is 13.0. The van der Waals surface area contributed by atoms with Gasteiger partial charge in [-0.05, 0) is 61.7 Å². The van der Waals surface area contributed by atoms with E-state index in [0.29, 0.717) is 9.88 Å². The van der Waals surface area contributed by atoms with E-state index in [1.807, 2.05) is 18.4 Å². The molecule has 2 heterocycles. The van der Waals surface area contributed by atoms with Gasteiger partial charge in [0.2, 0.25) is 9.84 Å². The van der Waals surface area contributed by atoms with Gasteiger partial charge in [-0.15, -0.1) is 22.7 Å². The molecule has 0 atom stereocenters. The molecule has 1 aromatic carbocycles. The number of hydrogen-bond donors (Lipinski definition) is 1. The van der Waals surface area contributed by atoms with Crippen molar-refractivity contribution < 1.29 is 13.2 Å². The molecule has 27 heavy (non-hydrogen) atoms. The zero-order chi connectivity index (χ0) is 19.0. The molecular formula is C20H19NO3S3. The quantitative estimate of drug-likeness (QED) is 0.644. The average Bonchev–Trinajstić information content (AvgIpc) is 3.30. The van der Waals surface area contributed by atoms with Crippen molar-refractivity contribution in [1.82, 2.24) is 0 Å². The summed E-state index contributed by atoms with van der Waals surface area (Å²) >= 11 is 2.75. The van der Waals surface area contributed by atoms with Crippen LogP contribution in [0.25, 0.3) is 0 Å². The van der Waals surface area contributed by atoms with Crippen molar-refractivity contribution in [2.24, 2.45) is 0 Å². The fourth-order valence-corrected chi connectivity index (χ4v) is 7.20. The first-order valence-corrected chi connectivity index (χ1v) is 12.0. The van der Waals surface area contributed by atoms with Gasteiger partial charge in [0.15, 0.2) is 0 Å². The Labute approximate surface area is 166 Å². The fourth-order valence-electron chi connectivity index (χ4n) is 3.31. The maximum atomic E-state index is 13.4. The summed E-state index contributed by atoms with van der Waals surface area (Å²) in [7, 11) is -3.70. The van der Waals surface area contributed by atoms with Crippen molar-refractivity contribution in [2.45, 2.75) is 42.4 Å². The predicted molar refractivity (Wildman–Crippen MR) is 110 cm³/mol. The molecule has 1 N–H and O–H groups in total. The lowest BCUT2D eigenvalue weighted by Gasteiger charge is -2.14. The fraction of sp³-hybridized carbons (Fsp3) is 0.250. The zero-order valence-electron chi connectivity index (χ0n) is 14.8. The number of hydrogen-bond acceptors (Lipinski definition) is 5. The van der Waals surface area contributed by atoms with E-state index in [1.54, 1.807) is 30.3 Å². The number of amides is 1. The molecule has 1 aliphatic rings. The van der Waals surface area contributed by atoms with Gasteiger partial charge in [0.05, 0.1) is 9.77 Å². The van der Waals surface area contributed by atoms with Gasteiger partial charge in [-0.1, -0.05) is 23.8 Å². The van der Waals surface area contributed by atoms with Gasteiger partial charge in [0, 0.05) is 4.88 Å². The van der Waals surface area contributed by atoms with Crippen LogP contribution in [0.2, 0.25) is 0 Å². The Morgan fingerprint density at radius 3 is 2.52 bits per heavy atom. The normalized spacial score (nSPS) is 14.0. The van der Waals surface area contributed by atoms with E-state index in [-0.39, 0.29) is 15.7 Å². The van der Waals surface area contributed by atoms with Crippen LogP contribution in [-0.2, 0) is 22.7 Å². The second-order valence-electron chi connectivity index (χ2n) is 6.62. The van der Waals surface area contributed by atoms with Crippen LogP contribution in [0, 0.1) is 6.92 Å². The summed E-state index contributed by atoms with van der Waals surface area (Å²) in [5.74, 6) is -0.260. The van der Waals surface area contributed by atoms with Crippen molar-refractivity contribution >= 4 is 43.4 Å². The van der Waals surface area contributed by atoms with Crippen LogP contribution in [0.3, 0.4) is 0 Å². The van der Waals surface area contributed by atoms with Crippen LogP contribution >= 0.6 is 22.7 Å². The third-order valence-corrected chi connectivity index (χ3v) is 8.78. The van der Waals surface area contributed by atoms with E-state index in [2.05, 4.69) is 5.32 Å². The van der Waals surface area contributed by atoms with E-state index in [0.717, 1.165) is 41.7 Å². The summed E-state index contributed by atoms with van der Waals surface area (Å²) < 4.78 is 26.8. The molecule has 1 amide bonds. The maximum absolute atomic E-state index is 13.4. The lowest BCUT2D eigenvalue weighted by atomic mass is 9.99. The number of carbonyl (C=O) groups is 1. The zero-order valence-corrected chi connectivity index (χ0v) is 17.3. The van der Waals surface area contributed by atoms with Gasteiger partial charge in [-0.2, -0.15) is 0 Å². The topological polar surface area (TPSA) is 63.2 Å². The molecule has 0 saturated carbocycles. The summed E-state index contributed by atoms with van der Waals surface area (Å²) in [6.07, 6.45) is 3.63. The molecule has 0 bridgehead atoms. The summed E-state index contributed by atoms with van der Waals surface area (Å²) in [5, 5.41) is 5.15. The average molecular weight is 418 g/mol.